The average molecular weight is 392 g/mol. The molecular formula is C24H24O5. The van der Waals surface area contributed by atoms with E-state index in [-0.39, 0.29) is 11.5 Å². The van der Waals surface area contributed by atoms with E-state index in [9.17, 15) is 15.3 Å². The number of ether oxygens (including phenoxy) is 2. The number of phenols is 2. The summed E-state index contributed by atoms with van der Waals surface area (Å²) >= 11 is 0. The van der Waals surface area contributed by atoms with Gasteiger partial charge in [-0.15, -0.1) is 0 Å². The zero-order valence-corrected chi connectivity index (χ0v) is 16.2. The van der Waals surface area contributed by atoms with Crippen molar-refractivity contribution in [1.82, 2.24) is 0 Å². The van der Waals surface area contributed by atoms with Crippen LogP contribution in [0.3, 0.4) is 0 Å². The van der Waals surface area contributed by atoms with Gasteiger partial charge in [0.25, 0.3) is 0 Å². The lowest BCUT2D eigenvalue weighted by molar-refractivity contribution is 0.219. The largest absolute Gasteiger partial charge is 0.508 e. The van der Waals surface area contributed by atoms with Crippen molar-refractivity contribution in [2.24, 2.45) is 0 Å². The molecule has 0 aliphatic heterocycles. The van der Waals surface area contributed by atoms with E-state index >= 15 is 0 Å². The Morgan fingerprint density at radius 1 is 0.931 bits per heavy atom. The summed E-state index contributed by atoms with van der Waals surface area (Å²) in [6, 6.07) is 19.5. The maximum Gasteiger partial charge on any atom is 0.129 e. The average Bonchev–Trinajstić information content (AvgIpc) is 2.72. The Bertz CT molecular complexity index is 966. The molecule has 1 atom stereocenters. The standard InChI is InChI=1S/C24H24O5/c1-2-28-24-15-20(29-16-17-6-4-3-5-7-17)11-12-21(24)22(26)13-9-18-8-10-19(25)14-23(18)27/h3-15,22,25-27H,2,16H2,1H3. The van der Waals surface area contributed by atoms with Gasteiger partial charge in [-0.3, -0.25) is 0 Å². The van der Waals surface area contributed by atoms with Crippen molar-refractivity contribution in [2.45, 2.75) is 19.6 Å². The minimum absolute atomic E-state index is 0.0232. The molecule has 3 aromatic rings. The Labute approximate surface area is 170 Å². The lowest BCUT2D eigenvalue weighted by atomic mass is 10.1. The lowest BCUT2D eigenvalue weighted by Gasteiger charge is -2.15. The van der Waals surface area contributed by atoms with E-state index in [1.807, 2.05) is 37.3 Å². The maximum absolute atomic E-state index is 10.6. The van der Waals surface area contributed by atoms with Crippen molar-refractivity contribution in [3.8, 4) is 23.0 Å². The van der Waals surface area contributed by atoms with E-state index in [2.05, 4.69) is 0 Å². The Hall–Kier alpha value is -3.44. The van der Waals surface area contributed by atoms with Gasteiger partial charge in [-0.1, -0.05) is 42.5 Å². The second-order valence-electron chi connectivity index (χ2n) is 6.45. The summed E-state index contributed by atoms with van der Waals surface area (Å²) in [6.07, 6.45) is 2.21. The van der Waals surface area contributed by atoms with Crippen LogP contribution in [0.1, 0.15) is 29.7 Å². The Kier molecular flexibility index (Phi) is 6.76. The molecule has 0 aromatic heterocycles. The quantitative estimate of drug-likeness (QED) is 0.512. The molecule has 0 spiro atoms. The molecule has 150 valence electrons. The highest BCUT2D eigenvalue weighted by molar-refractivity contribution is 5.59. The number of aliphatic hydroxyl groups is 1. The number of hydrogen-bond acceptors (Lipinski definition) is 5. The van der Waals surface area contributed by atoms with Crippen LogP contribution >= 0.6 is 0 Å². The van der Waals surface area contributed by atoms with Crippen molar-refractivity contribution in [3.63, 3.8) is 0 Å². The molecule has 3 aromatic carbocycles. The number of rotatable bonds is 8. The molecule has 0 heterocycles. The number of phenolic OH excluding ortho intramolecular Hbond substituents is 2. The first-order chi connectivity index (χ1) is 14.1. The van der Waals surface area contributed by atoms with Gasteiger partial charge < -0.3 is 24.8 Å². The normalized spacial score (nSPS) is 12.1. The summed E-state index contributed by atoms with van der Waals surface area (Å²) in [5.74, 6) is 1.09. The van der Waals surface area contributed by atoms with Gasteiger partial charge in [0.05, 0.1) is 6.61 Å². The van der Waals surface area contributed by atoms with Gasteiger partial charge in [0.2, 0.25) is 0 Å². The van der Waals surface area contributed by atoms with Crippen LogP contribution in [-0.2, 0) is 6.61 Å². The molecule has 5 heteroatoms. The Balaban J connectivity index is 1.75. The van der Waals surface area contributed by atoms with Crippen molar-refractivity contribution in [1.29, 1.82) is 0 Å². The van der Waals surface area contributed by atoms with Crippen LogP contribution in [0.5, 0.6) is 23.0 Å². The van der Waals surface area contributed by atoms with Gasteiger partial charge >= 0.3 is 0 Å². The molecule has 1 unspecified atom stereocenters. The van der Waals surface area contributed by atoms with Crippen molar-refractivity contribution < 1.29 is 24.8 Å². The summed E-state index contributed by atoms with van der Waals surface area (Å²) in [6.45, 7) is 2.76. The minimum Gasteiger partial charge on any atom is -0.508 e. The second-order valence-corrected chi connectivity index (χ2v) is 6.45. The summed E-state index contributed by atoms with van der Waals surface area (Å²) in [5.41, 5.74) is 2.14. The van der Waals surface area contributed by atoms with Crippen molar-refractivity contribution >= 4 is 6.08 Å². The molecule has 0 amide bonds. The molecule has 0 bridgehead atoms. The number of hydrogen-bond donors (Lipinski definition) is 3. The summed E-state index contributed by atoms with van der Waals surface area (Å²) in [5, 5.41) is 29.8. The molecule has 5 nitrogen and oxygen atoms in total. The summed E-state index contributed by atoms with van der Waals surface area (Å²) < 4.78 is 11.5. The first kappa shape index (κ1) is 20.3. The SMILES string of the molecule is CCOc1cc(OCc2ccccc2)ccc1C(O)C=Cc1ccc(O)cc1O. The summed E-state index contributed by atoms with van der Waals surface area (Å²) in [7, 11) is 0. The van der Waals surface area contributed by atoms with Crippen LogP contribution < -0.4 is 9.47 Å². The molecule has 0 aliphatic carbocycles. The van der Waals surface area contributed by atoms with Gasteiger partial charge in [-0.2, -0.15) is 0 Å². The number of aliphatic hydroxyl groups excluding tert-OH is 1. The highest BCUT2D eigenvalue weighted by Crippen LogP contribution is 2.32. The third kappa shape index (κ3) is 5.53. The van der Waals surface area contributed by atoms with Crippen LogP contribution in [-0.4, -0.2) is 21.9 Å². The van der Waals surface area contributed by atoms with E-state index in [1.54, 1.807) is 36.4 Å². The Morgan fingerprint density at radius 3 is 2.45 bits per heavy atom. The lowest BCUT2D eigenvalue weighted by Crippen LogP contribution is -2.02. The molecule has 0 saturated heterocycles. The molecule has 3 rings (SSSR count). The molecule has 0 radical (unpaired) electrons. The topological polar surface area (TPSA) is 79.2 Å². The molecular weight excluding hydrogens is 368 g/mol. The summed E-state index contributed by atoms with van der Waals surface area (Å²) in [4.78, 5) is 0. The molecule has 0 saturated carbocycles. The van der Waals surface area contributed by atoms with E-state index in [0.717, 1.165) is 5.56 Å². The van der Waals surface area contributed by atoms with Crippen LogP contribution in [0, 0.1) is 0 Å². The second kappa shape index (κ2) is 9.66. The predicted molar refractivity (Wildman–Crippen MR) is 112 cm³/mol. The number of aromatic hydroxyl groups is 2. The smallest absolute Gasteiger partial charge is 0.129 e. The molecule has 29 heavy (non-hydrogen) atoms. The van der Waals surface area contributed by atoms with Crippen LogP contribution in [0.25, 0.3) is 6.08 Å². The van der Waals surface area contributed by atoms with Gasteiger partial charge in [0.15, 0.2) is 0 Å². The monoisotopic (exact) mass is 392 g/mol. The van der Waals surface area contributed by atoms with Crippen molar-refractivity contribution in [3.05, 3.63) is 89.5 Å². The zero-order chi connectivity index (χ0) is 20.6. The highest BCUT2D eigenvalue weighted by atomic mass is 16.5. The third-order valence-electron chi connectivity index (χ3n) is 4.32. The maximum atomic E-state index is 10.6. The first-order valence-corrected chi connectivity index (χ1v) is 9.38. The van der Waals surface area contributed by atoms with Crippen molar-refractivity contribution in [2.75, 3.05) is 6.61 Å². The predicted octanol–water partition coefficient (Wildman–Crippen LogP) is 4.82. The fraction of sp³-hybridized carbons (Fsp3) is 0.167. The Morgan fingerprint density at radius 2 is 1.72 bits per heavy atom. The highest BCUT2D eigenvalue weighted by Gasteiger charge is 2.13. The molecule has 0 fully saturated rings. The fourth-order valence-corrected chi connectivity index (χ4v) is 2.84. The van der Waals surface area contributed by atoms with Gasteiger partial charge in [-0.05, 0) is 36.8 Å². The van der Waals surface area contributed by atoms with E-state index < -0.39 is 6.10 Å². The third-order valence-corrected chi connectivity index (χ3v) is 4.32. The molecule has 0 aliphatic rings. The van der Waals surface area contributed by atoms with Gasteiger partial charge in [0.1, 0.15) is 35.7 Å². The van der Waals surface area contributed by atoms with Crippen LogP contribution in [0.2, 0.25) is 0 Å². The zero-order valence-electron chi connectivity index (χ0n) is 16.2. The first-order valence-electron chi connectivity index (χ1n) is 9.38. The van der Waals surface area contributed by atoms with Gasteiger partial charge in [-0.25, -0.2) is 0 Å². The van der Waals surface area contributed by atoms with E-state index in [1.165, 1.54) is 12.1 Å². The van der Waals surface area contributed by atoms with E-state index in [4.69, 9.17) is 9.47 Å². The van der Waals surface area contributed by atoms with E-state index in [0.29, 0.717) is 35.8 Å². The fourth-order valence-electron chi connectivity index (χ4n) is 2.84. The molecule has 3 N–H and O–H groups in total. The van der Waals surface area contributed by atoms with Gasteiger partial charge in [0, 0.05) is 23.3 Å². The van der Waals surface area contributed by atoms with Crippen LogP contribution in [0.15, 0.2) is 72.8 Å². The minimum atomic E-state index is -0.937. The van der Waals surface area contributed by atoms with Crippen LogP contribution in [0.4, 0.5) is 0 Å². The number of benzene rings is 3.